The van der Waals surface area contributed by atoms with Crippen molar-refractivity contribution in [3.63, 3.8) is 0 Å². The van der Waals surface area contributed by atoms with Gasteiger partial charge in [-0.15, -0.1) is 0 Å². The summed E-state index contributed by atoms with van der Waals surface area (Å²) in [6, 6.07) is 8.10. The molecule has 1 aliphatic heterocycles. The lowest BCUT2D eigenvalue weighted by Gasteiger charge is -2.28. The number of hydrogen-bond donors (Lipinski definition) is 0. The van der Waals surface area contributed by atoms with E-state index in [2.05, 4.69) is 25.2 Å². The fraction of sp³-hybridized carbons (Fsp3) is 0.429. The highest BCUT2D eigenvalue weighted by Gasteiger charge is 2.32. The number of benzene rings is 1. The minimum atomic E-state index is -1.10. The van der Waals surface area contributed by atoms with Crippen LogP contribution in [0, 0.1) is 18.8 Å². The zero-order valence-corrected chi connectivity index (χ0v) is 15.0. The van der Waals surface area contributed by atoms with E-state index in [-0.39, 0.29) is 5.92 Å². The summed E-state index contributed by atoms with van der Waals surface area (Å²) in [6.45, 7) is 3.52. The number of hydrogen-bond acceptors (Lipinski definition) is 2. The minimum Gasteiger partial charge on any atom is -0.376 e. The molecule has 0 unspecified atom stereocenters. The molecule has 1 saturated heterocycles. The maximum Gasteiger partial charge on any atom is 0.0814 e. The van der Waals surface area contributed by atoms with Crippen LogP contribution in [0.15, 0.2) is 63.4 Å². The average Bonchev–Trinajstić information content (AvgIpc) is 3.09. The van der Waals surface area contributed by atoms with Crippen molar-refractivity contribution in [2.24, 2.45) is 11.8 Å². The first-order valence-electron chi connectivity index (χ1n) is 8.90. The summed E-state index contributed by atoms with van der Waals surface area (Å²) >= 11 is 0. The standard InChI is InChI=1S/C21H24O2S/c1-15-7-9-19(10-8-15)24(22)21-12-18-14-23-13-17(18)11-20(21)16-5-3-2-4-6-16/h5,7-12,18,20H,2-4,6,13-14H2,1H3/t18-,20-,24-/m0/s1. The van der Waals surface area contributed by atoms with Crippen molar-refractivity contribution in [3.05, 3.63) is 64.1 Å². The van der Waals surface area contributed by atoms with Gasteiger partial charge in [-0.2, -0.15) is 0 Å². The van der Waals surface area contributed by atoms with Crippen LogP contribution >= 0.6 is 0 Å². The number of rotatable bonds is 3. The summed E-state index contributed by atoms with van der Waals surface area (Å²) in [6.07, 6.45) is 11.8. The largest absolute Gasteiger partial charge is 0.376 e. The minimum absolute atomic E-state index is 0.195. The summed E-state index contributed by atoms with van der Waals surface area (Å²) in [5, 5.41) is 0. The van der Waals surface area contributed by atoms with Gasteiger partial charge in [0.1, 0.15) is 0 Å². The van der Waals surface area contributed by atoms with Crippen LogP contribution in [0.25, 0.3) is 0 Å². The Kier molecular flexibility index (Phi) is 4.55. The predicted octanol–water partition coefficient (Wildman–Crippen LogP) is 4.69. The summed E-state index contributed by atoms with van der Waals surface area (Å²) < 4.78 is 18.9. The highest BCUT2D eigenvalue weighted by molar-refractivity contribution is 7.89. The summed E-state index contributed by atoms with van der Waals surface area (Å²) in [7, 11) is -1.10. The second kappa shape index (κ2) is 6.81. The topological polar surface area (TPSA) is 26.3 Å². The highest BCUT2D eigenvalue weighted by atomic mass is 32.2. The van der Waals surface area contributed by atoms with Crippen molar-refractivity contribution in [2.45, 2.75) is 37.5 Å². The number of fused-ring (bicyclic) bond motifs is 1. The van der Waals surface area contributed by atoms with Gasteiger partial charge in [0.15, 0.2) is 0 Å². The molecule has 3 atom stereocenters. The van der Waals surface area contributed by atoms with Crippen LogP contribution in [0.4, 0.5) is 0 Å². The van der Waals surface area contributed by atoms with Gasteiger partial charge in [-0.3, -0.25) is 0 Å². The first-order chi connectivity index (χ1) is 11.7. The van der Waals surface area contributed by atoms with Gasteiger partial charge in [0.05, 0.1) is 24.0 Å². The van der Waals surface area contributed by atoms with Gasteiger partial charge in [-0.05, 0) is 50.3 Å². The SMILES string of the molecule is Cc1ccc([S@](=O)C2=C[C@H]3COCC3=C[C@H]2C2=CCCCC2)cc1. The van der Waals surface area contributed by atoms with E-state index in [4.69, 9.17) is 4.74 Å². The van der Waals surface area contributed by atoms with E-state index in [0.29, 0.717) is 5.92 Å². The number of allylic oxidation sites excluding steroid dienone is 4. The number of aryl methyl sites for hydroxylation is 1. The van der Waals surface area contributed by atoms with Gasteiger partial charge in [0.25, 0.3) is 0 Å². The summed E-state index contributed by atoms with van der Waals surface area (Å²) in [4.78, 5) is 1.97. The van der Waals surface area contributed by atoms with Crippen molar-refractivity contribution in [2.75, 3.05) is 13.2 Å². The van der Waals surface area contributed by atoms with Crippen molar-refractivity contribution in [3.8, 4) is 0 Å². The summed E-state index contributed by atoms with van der Waals surface area (Å²) in [5.41, 5.74) is 4.02. The van der Waals surface area contributed by atoms with E-state index in [9.17, 15) is 4.21 Å². The zero-order chi connectivity index (χ0) is 16.5. The van der Waals surface area contributed by atoms with Gasteiger partial charge >= 0.3 is 0 Å². The van der Waals surface area contributed by atoms with Crippen molar-refractivity contribution < 1.29 is 8.95 Å². The Morgan fingerprint density at radius 1 is 1.08 bits per heavy atom. The predicted molar refractivity (Wildman–Crippen MR) is 98.1 cm³/mol. The van der Waals surface area contributed by atoms with Crippen LogP contribution < -0.4 is 0 Å². The molecule has 1 aromatic rings. The Morgan fingerprint density at radius 2 is 1.92 bits per heavy atom. The molecule has 2 nitrogen and oxygen atoms in total. The van der Waals surface area contributed by atoms with Crippen molar-refractivity contribution >= 4 is 10.8 Å². The molecule has 4 rings (SSSR count). The maximum atomic E-state index is 13.3. The molecule has 3 aliphatic rings. The molecule has 0 amide bonds. The molecule has 1 heterocycles. The molecule has 0 bridgehead atoms. The highest BCUT2D eigenvalue weighted by Crippen LogP contribution is 2.40. The molecule has 24 heavy (non-hydrogen) atoms. The van der Waals surface area contributed by atoms with Gasteiger partial charge in [0, 0.05) is 21.6 Å². The van der Waals surface area contributed by atoms with E-state index >= 15 is 0 Å². The van der Waals surface area contributed by atoms with Crippen LogP contribution in [0.5, 0.6) is 0 Å². The molecule has 0 saturated carbocycles. The van der Waals surface area contributed by atoms with Gasteiger partial charge in [-0.25, -0.2) is 4.21 Å². The van der Waals surface area contributed by atoms with Gasteiger partial charge < -0.3 is 4.74 Å². The molecule has 0 radical (unpaired) electrons. The van der Waals surface area contributed by atoms with Crippen LogP contribution in [0.3, 0.4) is 0 Å². The molecule has 0 spiro atoms. The Morgan fingerprint density at radius 3 is 2.67 bits per heavy atom. The van der Waals surface area contributed by atoms with E-state index in [0.717, 1.165) is 35.9 Å². The monoisotopic (exact) mass is 340 g/mol. The molecule has 0 N–H and O–H groups in total. The van der Waals surface area contributed by atoms with Gasteiger partial charge in [-0.1, -0.05) is 41.5 Å². The Labute approximate surface area is 146 Å². The lowest BCUT2D eigenvalue weighted by Crippen LogP contribution is -2.19. The van der Waals surface area contributed by atoms with Crippen molar-refractivity contribution in [1.29, 1.82) is 0 Å². The molecule has 126 valence electrons. The summed E-state index contributed by atoms with van der Waals surface area (Å²) in [5.74, 6) is 0.509. The first-order valence-corrected chi connectivity index (χ1v) is 10.0. The van der Waals surface area contributed by atoms with Crippen LogP contribution in [-0.2, 0) is 15.5 Å². The average molecular weight is 340 g/mol. The lowest BCUT2D eigenvalue weighted by molar-refractivity contribution is 0.195. The van der Waals surface area contributed by atoms with E-state index in [1.54, 1.807) is 0 Å². The van der Waals surface area contributed by atoms with Crippen molar-refractivity contribution in [1.82, 2.24) is 0 Å². The smallest absolute Gasteiger partial charge is 0.0814 e. The lowest BCUT2D eigenvalue weighted by atomic mass is 9.82. The maximum absolute atomic E-state index is 13.3. The number of ether oxygens (including phenoxy) is 1. The zero-order valence-electron chi connectivity index (χ0n) is 14.2. The van der Waals surface area contributed by atoms with Crippen LogP contribution in [0.2, 0.25) is 0 Å². The molecule has 0 aromatic heterocycles. The third kappa shape index (κ3) is 3.07. The molecule has 3 heteroatoms. The van der Waals surface area contributed by atoms with Crippen LogP contribution in [0.1, 0.15) is 31.2 Å². The first kappa shape index (κ1) is 16.0. The Hall–Kier alpha value is -1.45. The Bertz CT molecular complexity index is 740. The fourth-order valence-corrected chi connectivity index (χ4v) is 5.25. The normalized spacial score (nSPS) is 27.8. The molecular formula is C21H24O2S. The third-order valence-electron chi connectivity index (χ3n) is 5.27. The van der Waals surface area contributed by atoms with E-state index in [1.165, 1.54) is 29.6 Å². The van der Waals surface area contributed by atoms with E-state index in [1.807, 2.05) is 24.3 Å². The van der Waals surface area contributed by atoms with Gasteiger partial charge in [0.2, 0.25) is 0 Å². The fourth-order valence-electron chi connectivity index (χ4n) is 3.85. The molecule has 2 aliphatic carbocycles. The molecular weight excluding hydrogens is 316 g/mol. The quantitative estimate of drug-likeness (QED) is 0.746. The molecule has 1 fully saturated rings. The second-order valence-electron chi connectivity index (χ2n) is 7.02. The third-order valence-corrected chi connectivity index (χ3v) is 6.79. The Balaban J connectivity index is 1.71. The molecule has 1 aromatic carbocycles. The van der Waals surface area contributed by atoms with E-state index < -0.39 is 10.8 Å². The second-order valence-corrected chi connectivity index (χ2v) is 8.50. The van der Waals surface area contributed by atoms with Crippen LogP contribution in [-0.4, -0.2) is 17.4 Å².